The summed E-state index contributed by atoms with van der Waals surface area (Å²) in [5, 5.41) is 2.95. The molecular weight excluding hydrogens is 252 g/mol. The van der Waals surface area contributed by atoms with Gasteiger partial charge in [0.15, 0.2) is 0 Å². The number of amides is 2. The Balaban J connectivity index is 2.02. The molecule has 1 saturated carbocycles. The van der Waals surface area contributed by atoms with Crippen LogP contribution >= 0.6 is 0 Å². The normalized spacial score (nSPS) is 24.9. The molecule has 1 aliphatic heterocycles. The third kappa shape index (κ3) is 3.75. The van der Waals surface area contributed by atoms with Crippen molar-refractivity contribution in [1.29, 1.82) is 0 Å². The molecule has 20 heavy (non-hydrogen) atoms. The maximum absolute atomic E-state index is 12.6. The van der Waals surface area contributed by atoms with Crippen LogP contribution in [-0.2, 0) is 9.59 Å². The van der Waals surface area contributed by atoms with Crippen molar-refractivity contribution in [3.8, 4) is 12.3 Å². The minimum atomic E-state index is -0.309. The molecule has 0 aromatic carbocycles. The summed E-state index contributed by atoms with van der Waals surface area (Å²) in [5.41, 5.74) is 0. The predicted molar refractivity (Wildman–Crippen MR) is 77.8 cm³/mol. The Morgan fingerprint density at radius 3 is 2.70 bits per heavy atom. The summed E-state index contributed by atoms with van der Waals surface area (Å²) in [6.07, 6.45) is 12.8. The molecule has 110 valence electrons. The maximum atomic E-state index is 12.6. The van der Waals surface area contributed by atoms with E-state index in [2.05, 4.69) is 11.2 Å². The second-order valence-electron chi connectivity index (χ2n) is 5.83. The zero-order valence-corrected chi connectivity index (χ0v) is 12.1. The van der Waals surface area contributed by atoms with Crippen molar-refractivity contribution in [1.82, 2.24) is 10.2 Å². The van der Waals surface area contributed by atoms with E-state index in [1.807, 2.05) is 4.90 Å². The predicted octanol–water partition coefficient (Wildman–Crippen LogP) is 1.70. The van der Waals surface area contributed by atoms with Crippen LogP contribution < -0.4 is 5.32 Å². The van der Waals surface area contributed by atoms with Gasteiger partial charge in [0.2, 0.25) is 11.8 Å². The lowest BCUT2D eigenvalue weighted by molar-refractivity contribution is -0.135. The van der Waals surface area contributed by atoms with Crippen LogP contribution in [0.25, 0.3) is 0 Å². The number of hydrogen-bond donors (Lipinski definition) is 1. The van der Waals surface area contributed by atoms with Gasteiger partial charge in [-0.15, -0.1) is 12.3 Å². The molecule has 0 aromatic heterocycles. The monoisotopic (exact) mass is 276 g/mol. The largest absolute Gasteiger partial charge is 0.344 e. The molecule has 1 atom stereocenters. The average Bonchev–Trinajstić information content (AvgIpc) is 2.61. The highest BCUT2D eigenvalue weighted by atomic mass is 16.2. The van der Waals surface area contributed by atoms with Crippen LogP contribution in [0, 0.1) is 18.3 Å². The van der Waals surface area contributed by atoms with Crippen molar-refractivity contribution < 1.29 is 9.59 Å². The van der Waals surface area contributed by atoms with Gasteiger partial charge in [0.25, 0.3) is 0 Å². The molecule has 4 nitrogen and oxygen atoms in total. The maximum Gasteiger partial charge on any atom is 0.245 e. The summed E-state index contributed by atoms with van der Waals surface area (Å²) >= 11 is 0. The summed E-state index contributed by atoms with van der Waals surface area (Å²) in [6, 6.07) is -0.309. The first kappa shape index (κ1) is 14.9. The molecule has 2 aliphatic rings. The highest BCUT2D eigenvalue weighted by Gasteiger charge is 2.35. The third-order valence-electron chi connectivity index (χ3n) is 4.37. The van der Waals surface area contributed by atoms with Crippen molar-refractivity contribution in [2.45, 2.75) is 57.4 Å². The van der Waals surface area contributed by atoms with Crippen LogP contribution in [0.15, 0.2) is 0 Å². The fraction of sp³-hybridized carbons (Fsp3) is 0.750. The number of rotatable bonds is 4. The summed E-state index contributed by atoms with van der Waals surface area (Å²) in [7, 11) is 0. The highest BCUT2D eigenvalue weighted by molar-refractivity contribution is 5.90. The molecule has 0 bridgehead atoms. The van der Waals surface area contributed by atoms with Crippen molar-refractivity contribution in [3.63, 3.8) is 0 Å². The molecule has 2 rings (SSSR count). The molecule has 4 heteroatoms. The molecule has 1 unspecified atom stereocenters. The van der Waals surface area contributed by atoms with E-state index in [0.717, 1.165) is 19.3 Å². The van der Waals surface area contributed by atoms with E-state index in [0.29, 0.717) is 31.8 Å². The third-order valence-corrected chi connectivity index (χ3v) is 4.37. The summed E-state index contributed by atoms with van der Waals surface area (Å²) in [5.74, 6) is 3.02. The van der Waals surface area contributed by atoms with Gasteiger partial charge in [-0.05, 0) is 25.2 Å². The van der Waals surface area contributed by atoms with Crippen LogP contribution in [0.2, 0.25) is 0 Å². The number of unbranched alkanes of at least 4 members (excludes halogenated alkanes) is 1. The topological polar surface area (TPSA) is 49.4 Å². The van der Waals surface area contributed by atoms with Crippen molar-refractivity contribution in [2.24, 2.45) is 5.92 Å². The molecule has 1 aliphatic carbocycles. The standard InChI is InChI=1S/C16H24N2O2/c1-2-3-7-11-18-12-10-14(19)17-15(16(18)20)13-8-5-4-6-9-13/h1,13,15H,3-12H2,(H,17,19). The van der Waals surface area contributed by atoms with Gasteiger partial charge in [-0.25, -0.2) is 0 Å². The minimum absolute atomic E-state index is 0.00775. The van der Waals surface area contributed by atoms with Gasteiger partial charge in [0.05, 0.1) is 0 Å². The van der Waals surface area contributed by atoms with E-state index < -0.39 is 0 Å². The molecule has 0 aromatic rings. The van der Waals surface area contributed by atoms with Crippen LogP contribution in [0.5, 0.6) is 0 Å². The van der Waals surface area contributed by atoms with E-state index in [4.69, 9.17) is 6.42 Å². The molecule has 0 radical (unpaired) electrons. The highest BCUT2D eigenvalue weighted by Crippen LogP contribution is 2.28. The second-order valence-corrected chi connectivity index (χ2v) is 5.83. The minimum Gasteiger partial charge on any atom is -0.344 e. The molecule has 1 heterocycles. The Morgan fingerprint density at radius 1 is 1.25 bits per heavy atom. The molecule has 1 N–H and O–H groups in total. The van der Waals surface area contributed by atoms with Crippen LogP contribution in [0.4, 0.5) is 0 Å². The second kappa shape index (κ2) is 7.33. The Kier molecular flexibility index (Phi) is 5.46. The van der Waals surface area contributed by atoms with Gasteiger partial charge in [-0.1, -0.05) is 19.3 Å². The Hall–Kier alpha value is -1.50. The van der Waals surface area contributed by atoms with Crippen molar-refractivity contribution in [2.75, 3.05) is 13.1 Å². The Bertz CT molecular complexity index is 394. The van der Waals surface area contributed by atoms with Gasteiger partial charge < -0.3 is 10.2 Å². The van der Waals surface area contributed by atoms with Crippen LogP contribution in [-0.4, -0.2) is 35.8 Å². The van der Waals surface area contributed by atoms with Crippen molar-refractivity contribution in [3.05, 3.63) is 0 Å². The lowest BCUT2D eigenvalue weighted by Gasteiger charge is -2.31. The number of terminal acetylenes is 1. The lowest BCUT2D eigenvalue weighted by Crippen LogP contribution is -2.49. The number of nitrogens with zero attached hydrogens (tertiary/aromatic N) is 1. The summed E-state index contributed by atoms with van der Waals surface area (Å²) < 4.78 is 0. The van der Waals surface area contributed by atoms with Crippen molar-refractivity contribution >= 4 is 11.8 Å². The van der Waals surface area contributed by atoms with Gasteiger partial charge in [-0.2, -0.15) is 0 Å². The quantitative estimate of drug-likeness (QED) is 0.627. The molecule has 2 amide bonds. The molecule has 2 fully saturated rings. The average molecular weight is 276 g/mol. The smallest absolute Gasteiger partial charge is 0.245 e. The number of nitrogens with one attached hydrogen (secondary N) is 1. The van der Waals surface area contributed by atoms with Crippen LogP contribution in [0.1, 0.15) is 51.4 Å². The SMILES string of the molecule is C#CCCCN1CCC(=O)NC(C2CCCCC2)C1=O. The molecule has 1 saturated heterocycles. The fourth-order valence-electron chi connectivity index (χ4n) is 3.23. The Labute approximate surface area is 121 Å². The fourth-order valence-corrected chi connectivity index (χ4v) is 3.23. The van der Waals surface area contributed by atoms with E-state index in [9.17, 15) is 9.59 Å². The van der Waals surface area contributed by atoms with Gasteiger partial charge in [0, 0.05) is 25.9 Å². The van der Waals surface area contributed by atoms with E-state index >= 15 is 0 Å². The van der Waals surface area contributed by atoms with Crippen LogP contribution in [0.3, 0.4) is 0 Å². The summed E-state index contributed by atoms with van der Waals surface area (Å²) in [6.45, 7) is 1.19. The lowest BCUT2D eigenvalue weighted by atomic mass is 9.83. The van der Waals surface area contributed by atoms with E-state index in [1.54, 1.807) is 0 Å². The van der Waals surface area contributed by atoms with E-state index in [1.165, 1.54) is 19.3 Å². The first-order chi connectivity index (χ1) is 9.72. The van der Waals surface area contributed by atoms with Gasteiger partial charge in [0.1, 0.15) is 6.04 Å². The number of hydrogen-bond acceptors (Lipinski definition) is 2. The summed E-state index contributed by atoms with van der Waals surface area (Å²) in [4.78, 5) is 26.3. The Morgan fingerprint density at radius 2 is 2.00 bits per heavy atom. The number of carbonyl (C=O) groups is 2. The molecular formula is C16H24N2O2. The zero-order chi connectivity index (χ0) is 14.4. The van der Waals surface area contributed by atoms with Gasteiger partial charge in [-0.3, -0.25) is 9.59 Å². The van der Waals surface area contributed by atoms with Gasteiger partial charge >= 0.3 is 0 Å². The molecule has 0 spiro atoms. The zero-order valence-electron chi connectivity index (χ0n) is 12.1. The first-order valence-corrected chi connectivity index (χ1v) is 7.74. The van der Waals surface area contributed by atoms with E-state index in [-0.39, 0.29) is 17.9 Å². The number of carbonyl (C=O) groups excluding carboxylic acids is 2. The first-order valence-electron chi connectivity index (χ1n) is 7.74.